The van der Waals surface area contributed by atoms with Crippen LogP contribution in [0.3, 0.4) is 0 Å². The van der Waals surface area contributed by atoms with Crippen molar-refractivity contribution < 1.29 is 4.21 Å². The monoisotopic (exact) mass is 259 g/mol. The average molecular weight is 260 g/mol. The molecule has 0 saturated heterocycles. The van der Waals surface area contributed by atoms with Crippen molar-refractivity contribution in [1.82, 2.24) is 0 Å². The van der Waals surface area contributed by atoms with Gasteiger partial charge in [-0.1, -0.05) is 30.7 Å². The summed E-state index contributed by atoms with van der Waals surface area (Å²) < 4.78 is 11.0. The number of hydrogen-bond acceptors (Lipinski definition) is 1. The number of rotatable bonds is 4. The van der Waals surface area contributed by atoms with E-state index < -0.39 is 11.0 Å². The Labute approximate surface area is 105 Å². The van der Waals surface area contributed by atoms with Gasteiger partial charge in [0, 0.05) is 5.02 Å². The van der Waals surface area contributed by atoms with Crippen molar-refractivity contribution in [3.05, 3.63) is 34.9 Å². The predicted molar refractivity (Wildman–Crippen MR) is 70.9 cm³/mol. The van der Waals surface area contributed by atoms with Gasteiger partial charge in [0.2, 0.25) is 0 Å². The van der Waals surface area contributed by atoms with E-state index in [9.17, 15) is 4.21 Å². The molecule has 0 radical (unpaired) electrons. The van der Waals surface area contributed by atoms with Crippen LogP contribution in [0.2, 0.25) is 5.02 Å². The highest BCUT2D eigenvalue weighted by Crippen LogP contribution is 2.28. The lowest BCUT2D eigenvalue weighted by Gasteiger charge is -2.25. The van der Waals surface area contributed by atoms with Gasteiger partial charge in [-0.25, -0.2) is 4.21 Å². The Kier molecular flexibility index (Phi) is 4.53. The van der Waals surface area contributed by atoms with Crippen LogP contribution in [0.15, 0.2) is 24.3 Å². The zero-order chi connectivity index (χ0) is 12.3. The zero-order valence-electron chi connectivity index (χ0n) is 9.87. The van der Waals surface area contributed by atoms with Gasteiger partial charge in [0.15, 0.2) is 0 Å². The van der Waals surface area contributed by atoms with Gasteiger partial charge in [-0.2, -0.15) is 0 Å². The summed E-state index contributed by atoms with van der Waals surface area (Å²) in [6.07, 6.45) is 0.789. The smallest absolute Gasteiger partial charge is 0.0945 e. The highest BCUT2D eigenvalue weighted by Gasteiger charge is 2.26. The first kappa shape index (κ1) is 13.7. The van der Waals surface area contributed by atoms with Crippen molar-refractivity contribution in [3.8, 4) is 0 Å². The highest BCUT2D eigenvalue weighted by molar-refractivity contribution is 7.84. The summed E-state index contributed by atoms with van der Waals surface area (Å²) in [7, 11) is -1.30. The molecule has 2 atom stereocenters. The molecule has 2 nitrogen and oxygen atoms in total. The first-order valence-electron chi connectivity index (χ1n) is 5.24. The molecule has 0 aliphatic heterocycles. The number of hydrogen-bond donors (Lipinski definition) is 1. The first-order chi connectivity index (χ1) is 7.33. The molecule has 1 aromatic rings. The molecule has 0 aliphatic carbocycles. The van der Waals surface area contributed by atoms with E-state index in [-0.39, 0.29) is 4.75 Å². The summed E-state index contributed by atoms with van der Waals surface area (Å²) in [5.41, 5.74) is 1.20. The van der Waals surface area contributed by atoms with Crippen LogP contribution in [0.25, 0.3) is 0 Å². The molecule has 1 aromatic carbocycles. The summed E-state index contributed by atoms with van der Waals surface area (Å²) in [6.45, 7) is 5.96. The standard InChI is InChI=1S/C12H18ClNOS/c1-9(8-12(2,3)16(14)15)10-4-6-11(13)7-5-10/h4-7,9H,8,14H2,1-3H3/t9?,16-/m1/s1. The molecular weight excluding hydrogens is 242 g/mol. The van der Waals surface area contributed by atoms with Gasteiger partial charge < -0.3 is 0 Å². The fourth-order valence-electron chi connectivity index (χ4n) is 1.73. The molecule has 1 unspecified atom stereocenters. The van der Waals surface area contributed by atoms with Crippen LogP contribution in [0, 0.1) is 0 Å². The second-order valence-corrected chi connectivity index (χ2v) is 6.85. The van der Waals surface area contributed by atoms with Gasteiger partial charge in [0.05, 0.1) is 15.7 Å². The second kappa shape index (κ2) is 5.30. The van der Waals surface area contributed by atoms with Crippen LogP contribution in [0.1, 0.15) is 38.7 Å². The van der Waals surface area contributed by atoms with Crippen LogP contribution in [0.5, 0.6) is 0 Å². The zero-order valence-corrected chi connectivity index (χ0v) is 11.4. The van der Waals surface area contributed by atoms with Crippen molar-refractivity contribution in [2.45, 2.75) is 37.9 Å². The Morgan fingerprint density at radius 2 is 1.88 bits per heavy atom. The normalized spacial score (nSPS) is 15.8. The molecule has 0 amide bonds. The van der Waals surface area contributed by atoms with E-state index in [2.05, 4.69) is 6.92 Å². The molecule has 0 spiro atoms. The van der Waals surface area contributed by atoms with Crippen LogP contribution < -0.4 is 5.14 Å². The molecule has 90 valence electrons. The van der Waals surface area contributed by atoms with Gasteiger partial charge in [0.1, 0.15) is 0 Å². The van der Waals surface area contributed by atoms with Crippen LogP contribution >= 0.6 is 11.6 Å². The average Bonchev–Trinajstić information content (AvgIpc) is 2.17. The minimum absolute atomic E-state index is 0.319. The van der Waals surface area contributed by atoms with Crippen LogP contribution in [-0.4, -0.2) is 8.96 Å². The molecule has 4 heteroatoms. The minimum atomic E-state index is -1.30. The van der Waals surface area contributed by atoms with E-state index in [1.54, 1.807) is 0 Å². The maximum Gasteiger partial charge on any atom is 0.0945 e. The fraction of sp³-hybridized carbons (Fsp3) is 0.500. The SMILES string of the molecule is CC(CC(C)(C)[S@](N)=O)c1ccc(Cl)cc1. The van der Waals surface area contributed by atoms with Crippen molar-refractivity contribution in [3.63, 3.8) is 0 Å². The van der Waals surface area contributed by atoms with E-state index in [1.165, 1.54) is 5.56 Å². The van der Waals surface area contributed by atoms with Gasteiger partial charge in [0.25, 0.3) is 0 Å². The minimum Gasteiger partial charge on any atom is -0.251 e. The third-order valence-electron chi connectivity index (χ3n) is 2.78. The Balaban J connectivity index is 2.76. The van der Waals surface area contributed by atoms with Crippen LogP contribution in [0.4, 0.5) is 0 Å². The van der Waals surface area contributed by atoms with E-state index in [0.29, 0.717) is 5.92 Å². The lowest BCUT2D eigenvalue weighted by molar-refractivity contribution is 0.540. The summed E-state index contributed by atoms with van der Waals surface area (Å²) in [4.78, 5) is 0. The van der Waals surface area contributed by atoms with E-state index in [4.69, 9.17) is 16.7 Å². The summed E-state index contributed by atoms with van der Waals surface area (Å²) >= 11 is 5.83. The Morgan fingerprint density at radius 1 is 1.38 bits per heavy atom. The molecule has 0 aliphatic rings. The van der Waals surface area contributed by atoms with Crippen molar-refractivity contribution in [2.24, 2.45) is 5.14 Å². The van der Waals surface area contributed by atoms with E-state index in [1.807, 2.05) is 38.1 Å². The molecule has 0 bridgehead atoms. The number of nitrogens with two attached hydrogens (primary N) is 1. The molecule has 0 heterocycles. The van der Waals surface area contributed by atoms with Crippen LogP contribution in [-0.2, 0) is 11.0 Å². The maximum atomic E-state index is 11.4. The maximum absolute atomic E-state index is 11.4. The van der Waals surface area contributed by atoms with Crippen molar-refractivity contribution >= 4 is 22.6 Å². The predicted octanol–water partition coefficient (Wildman–Crippen LogP) is 3.23. The van der Waals surface area contributed by atoms with E-state index in [0.717, 1.165) is 11.4 Å². The molecule has 1 rings (SSSR count). The molecular formula is C12H18ClNOS. The third-order valence-corrected chi connectivity index (χ3v) is 4.29. The third kappa shape index (κ3) is 3.58. The van der Waals surface area contributed by atoms with Crippen molar-refractivity contribution in [1.29, 1.82) is 0 Å². The molecule has 16 heavy (non-hydrogen) atoms. The second-order valence-electron chi connectivity index (χ2n) is 4.71. The number of benzene rings is 1. The topological polar surface area (TPSA) is 43.1 Å². The molecule has 0 aromatic heterocycles. The quantitative estimate of drug-likeness (QED) is 0.886. The summed E-state index contributed by atoms with van der Waals surface area (Å²) in [5, 5.41) is 6.21. The molecule has 0 saturated carbocycles. The van der Waals surface area contributed by atoms with Crippen molar-refractivity contribution in [2.75, 3.05) is 0 Å². The lowest BCUT2D eigenvalue weighted by atomic mass is 9.91. The summed E-state index contributed by atoms with van der Waals surface area (Å²) in [6, 6.07) is 7.75. The van der Waals surface area contributed by atoms with Gasteiger partial charge in [-0.05, 0) is 43.9 Å². The Hall–Kier alpha value is -0.380. The van der Waals surface area contributed by atoms with Gasteiger partial charge >= 0.3 is 0 Å². The fourth-order valence-corrected chi connectivity index (χ4v) is 2.27. The van der Waals surface area contributed by atoms with Gasteiger partial charge in [-0.3, -0.25) is 5.14 Å². The largest absolute Gasteiger partial charge is 0.251 e. The first-order valence-corrected chi connectivity index (χ1v) is 6.84. The molecule has 2 N–H and O–H groups in total. The van der Waals surface area contributed by atoms with Gasteiger partial charge in [-0.15, -0.1) is 0 Å². The molecule has 0 fully saturated rings. The summed E-state index contributed by atoms with van der Waals surface area (Å²) in [5.74, 6) is 0.319. The Morgan fingerprint density at radius 3 is 2.31 bits per heavy atom. The highest BCUT2D eigenvalue weighted by atomic mass is 35.5. The Bertz CT molecular complexity index is 375. The lowest BCUT2D eigenvalue weighted by Crippen LogP contribution is -2.33. The number of halogens is 1. The van der Waals surface area contributed by atoms with E-state index >= 15 is 0 Å².